The number of hydrogen-bond donors (Lipinski definition) is 1. The van der Waals surface area contributed by atoms with E-state index in [1.165, 1.54) is 0 Å². The van der Waals surface area contributed by atoms with Gasteiger partial charge in [-0.25, -0.2) is 0 Å². The molecule has 0 aliphatic carbocycles. The van der Waals surface area contributed by atoms with Gasteiger partial charge in [-0.05, 0) is 52.4 Å². The summed E-state index contributed by atoms with van der Waals surface area (Å²) in [6.45, 7) is 0.386. The van der Waals surface area contributed by atoms with Gasteiger partial charge in [-0.1, -0.05) is 36.4 Å². The smallest absolute Gasteiger partial charge is 0.255 e. The number of ether oxygens (including phenoxy) is 2. The zero-order chi connectivity index (χ0) is 20.9. The number of nitrogens with one attached hydrogen (secondary N) is 1. The van der Waals surface area contributed by atoms with E-state index in [1.807, 2.05) is 48.7 Å². The Labute approximate surface area is 175 Å². The van der Waals surface area contributed by atoms with Crippen molar-refractivity contribution in [3.8, 4) is 22.6 Å². The average Bonchev–Trinajstić information content (AvgIpc) is 2.82. The monoisotopic (exact) mass is 398 g/mol. The van der Waals surface area contributed by atoms with Crippen LogP contribution in [-0.4, -0.2) is 25.1 Å². The lowest BCUT2D eigenvalue weighted by Gasteiger charge is -2.13. The second-order valence-corrected chi connectivity index (χ2v) is 6.81. The Kier molecular flexibility index (Phi) is 5.61. The molecule has 1 N–H and O–H groups in total. The fourth-order valence-electron chi connectivity index (χ4n) is 3.55. The lowest BCUT2D eigenvalue weighted by atomic mass is 9.96. The summed E-state index contributed by atoms with van der Waals surface area (Å²) in [5.41, 5.74) is 3.66. The number of aromatic nitrogens is 1. The number of rotatable bonds is 6. The first kappa shape index (κ1) is 19.5. The predicted octanol–water partition coefficient (Wildman–Crippen LogP) is 4.85. The molecule has 0 aliphatic rings. The SMILES string of the molecule is COc1cccc(-c2ccc(CNC(=O)c3ccccc3OC)c3cnccc23)c1. The van der Waals surface area contributed by atoms with Crippen LogP contribution >= 0.6 is 0 Å². The molecule has 0 spiro atoms. The number of carbonyl (C=O) groups is 1. The lowest BCUT2D eigenvalue weighted by molar-refractivity contribution is 0.0948. The van der Waals surface area contributed by atoms with Crippen molar-refractivity contribution in [2.75, 3.05) is 14.2 Å². The number of carbonyl (C=O) groups excluding carboxylic acids is 1. The van der Waals surface area contributed by atoms with Gasteiger partial charge < -0.3 is 14.8 Å². The normalized spacial score (nSPS) is 10.6. The average molecular weight is 398 g/mol. The Morgan fingerprint density at radius 2 is 1.80 bits per heavy atom. The lowest BCUT2D eigenvalue weighted by Crippen LogP contribution is -2.23. The highest BCUT2D eigenvalue weighted by atomic mass is 16.5. The van der Waals surface area contributed by atoms with Crippen LogP contribution in [0.3, 0.4) is 0 Å². The molecule has 1 heterocycles. The minimum atomic E-state index is -0.179. The largest absolute Gasteiger partial charge is 0.497 e. The number of para-hydroxylation sites is 1. The molecule has 1 aromatic heterocycles. The van der Waals surface area contributed by atoms with E-state index in [4.69, 9.17) is 9.47 Å². The second kappa shape index (κ2) is 8.66. The van der Waals surface area contributed by atoms with Crippen molar-refractivity contribution in [1.29, 1.82) is 0 Å². The first-order valence-corrected chi connectivity index (χ1v) is 9.62. The van der Waals surface area contributed by atoms with Crippen LogP contribution in [0.25, 0.3) is 21.9 Å². The third-order valence-electron chi connectivity index (χ3n) is 5.08. The number of methoxy groups -OCH3 is 2. The molecule has 0 fully saturated rings. The van der Waals surface area contributed by atoms with Gasteiger partial charge in [0.2, 0.25) is 0 Å². The van der Waals surface area contributed by atoms with Gasteiger partial charge in [-0.2, -0.15) is 0 Å². The van der Waals surface area contributed by atoms with Crippen LogP contribution < -0.4 is 14.8 Å². The fraction of sp³-hybridized carbons (Fsp3) is 0.120. The summed E-state index contributed by atoms with van der Waals surface area (Å²) >= 11 is 0. The summed E-state index contributed by atoms with van der Waals surface area (Å²) in [6, 6.07) is 21.2. The molecule has 0 atom stereocenters. The molecule has 0 radical (unpaired) electrons. The molecule has 3 aromatic carbocycles. The maximum Gasteiger partial charge on any atom is 0.255 e. The quantitative estimate of drug-likeness (QED) is 0.504. The fourth-order valence-corrected chi connectivity index (χ4v) is 3.55. The molecule has 0 bridgehead atoms. The van der Waals surface area contributed by atoms with E-state index in [9.17, 15) is 4.79 Å². The molecule has 5 heteroatoms. The molecule has 5 nitrogen and oxygen atoms in total. The van der Waals surface area contributed by atoms with Gasteiger partial charge in [0.25, 0.3) is 5.91 Å². The van der Waals surface area contributed by atoms with Crippen molar-refractivity contribution in [3.63, 3.8) is 0 Å². The first-order chi connectivity index (χ1) is 14.7. The maximum absolute atomic E-state index is 12.7. The van der Waals surface area contributed by atoms with Gasteiger partial charge in [-0.3, -0.25) is 9.78 Å². The Balaban J connectivity index is 1.65. The molecule has 1 amide bonds. The number of nitrogens with zero attached hydrogens (tertiary/aromatic N) is 1. The summed E-state index contributed by atoms with van der Waals surface area (Å²) in [5, 5.41) is 5.06. The van der Waals surface area contributed by atoms with Crippen molar-refractivity contribution in [1.82, 2.24) is 10.3 Å². The van der Waals surface area contributed by atoms with Gasteiger partial charge in [0.1, 0.15) is 11.5 Å². The van der Waals surface area contributed by atoms with Crippen LogP contribution in [0.5, 0.6) is 11.5 Å². The van der Waals surface area contributed by atoms with Crippen molar-refractivity contribution in [3.05, 3.63) is 90.3 Å². The summed E-state index contributed by atoms with van der Waals surface area (Å²) in [7, 11) is 3.22. The van der Waals surface area contributed by atoms with Crippen LogP contribution in [0.15, 0.2) is 79.1 Å². The van der Waals surface area contributed by atoms with Gasteiger partial charge in [0, 0.05) is 24.3 Å². The zero-order valence-electron chi connectivity index (χ0n) is 16.9. The summed E-state index contributed by atoms with van der Waals surface area (Å²) in [5.74, 6) is 1.18. The van der Waals surface area contributed by atoms with Crippen molar-refractivity contribution >= 4 is 16.7 Å². The van der Waals surface area contributed by atoms with E-state index in [0.717, 1.165) is 33.2 Å². The number of amides is 1. The predicted molar refractivity (Wildman–Crippen MR) is 118 cm³/mol. The zero-order valence-corrected chi connectivity index (χ0v) is 16.9. The minimum Gasteiger partial charge on any atom is -0.497 e. The Hall–Kier alpha value is -3.86. The molecule has 30 heavy (non-hydrogen) atoms. The first-order valence-electron chi connectivity index (χ1n) is 9.62. The van der Waals surface area contributed by atoms with E-state index in [2.05, 4.69) is 22.4 Å². The molecule has 4 aromatic rings. The maximum atomic E-state index is 12.7. The van der Waals surface area contributed by atoms with E-state index in [0.29, 0.717) is 17.9 Å². The molecular weight excluding hydrogens is 376 g/mol. The van der Waals surface area contributed by atoms with Crippen LogP contribution in [0.1, 0.15) is 15.9 Å². The molecule has 0 saturated carbocycles. The van der Waals surface area contributed by atoms with Gasteiger partial charge in [0.05, 0.1) is 19.8 Å². The molecule has 0 unspecified atom stereocenters. The summed E-state index contributed by atoms with van der Waals surface area (Å²) in [6.07, 6.45) is 3.62. The Bertz CT molecular complexity index is 1200. The number of fused-ring (bicyclic) bond motifs is 1. The second-order valence-electron chi connectivity index (χ2n) is 6.81. The third kappa shape index (κ3) is 3.82. The summed E-state index contributed by atoms with van der Waals surface area (Å²) in [4.78, 5) is 17.0. The number of benzene rings is 3. The topological polar surface area (TPSA) is 60.5 Å². The van der Waals surface area contributed by atoms with Gasteiger partial charge in [-0.15, -0.1) is 0 Å². The highest BCUT2D eigenvalue weighted by Crippen LogP contribution is 2.32. The molecule has 4 rings (SSSR count). The van der Waals surface area contributed by atoms with Crippen LogP contribution in [0, 0.1) is 0 Å². The molecule has 150 valence electrons. The summed E-state index contributed by atoms with van der Waals surface area (Å²) < 4.78 is 10.7. The van der Waals surface area contributed by atoms with Crippen molar-refractivity contribution in [2.24, 2.45) is 0 Å². The van der Waals surface area contributed by atoms with E-state index < -0.39 is 0 Å². The van der Waals surface area contributed by atoms with E-state index in [1.54, 1.807) is 32.5 Å². The van der Waals surface area contributed by atoms with Crippen LogP contribution in [-0.2, 0) is 6.54 Å². The molecule has 0 aliphatic heterocycles. The Morgan fingerprint density at radius 3 is 2.63 bits per heavy atom. The van der Waals surface area contributed by atoms with Crippen LogP contribution in [0.2, 0.25) is 0 Å². The van der Waals surface area contributed by atoms with Gasteiger partial charge in [0.15, 0.2) is 0 Å². The minimum absolute atomic E-state index is 0.179. The Morgan fingerprint density at radius 1 is 0.933 bits per heavy atom. The molecule has 0 saturated heterocycles. The van der Waals surface area contributed by atoms with E-state index in [-0.39, 0.29) is 5.91 Å². The third-order valence-corrected chi connectivity index (χ3v) is 5.08. The standard InChI is InChI=1S/C25H22N2O3/c1-29-19-7-5-6-17(14-19)20-11-10-18(23-16-26-13-12-21(20)23)15-27-25(28)22-8-3-4-9-24(22)30-2/h3-14,16H,15H2,1-2H3,(H,27,28). The van der Waals surface area contributed by atoms with Crippen molar-refractivity contribution in [2.45, 2.75) is 6.54 Å². The van der Waals surface area contributed by atoms with E-state index >= 15 is 0 Å². The number of pyridine rings is 1. The molecular formula is C25H22N2O3. The number of hydrogen-bond acceptors (Lipinski definition) is 4. The van der Waals surface area contributed by atoms with Gasteiger partial charge >= 0.3 is 0 Å². The highest BCUT2D eigenvalue weighted by molar-refractivity contribution is 5.99. The van der Waals surface area contributed by atoms with Crippen molar-refractivity contribution < 1.29 is 14.3 Å². The highest BCUT2D eigenvalue weighted by Gasteiger charge is 2.13. The van der Waals surface area contributed by atoms with Crippen LogP contribution in [0.4, 0.5) is 0 Å².